The summed E-state index contributed by atoms with van der Waals surface area (Å²) in [5, 5.41) is 15.6. The number of hydrogen-bond donors (Lipinski definition) is 2. The van der Waals surface area contributed by atoms with E-state index in [4.69, 9.17) is 0 Å². The average Bonchev–Trinajstić information content (AvgIpc) is 3.03. The van der Waals surface area contributed by atoms with E-state index < -0.39 is 0 Å². The number of anilines is 2. The second-order valence-corrected chi connectivity index (χ2v) is 8.69. The van der Waals surface area contributed by atoms with Crippen molar-refractivity contribution in [3.8, 4) is 0 Å². The first-order valence-electron chi connectivity index (χ1n) is 8.78. The number of carbonyl (C=O) groups is 1. The zero-order valence-electron chi connectivity index (χ0n) is 14.5. The summed E-state index contributed by atoms with van der Waals surface area (Å²) >= 11 is 3.11. The minimum Gasteiger partial charge on any atom is -0.353 e. The van der Waals surface area contributed by atoms with E-state index in [1.165, 1.54) is 36.2 Å². The predicted octanol–water partition coefficient (Wildman–Crippen LogP) is 4.52. The van der Waals surface area contributed by atoms with Gasteiger partial charge in [0, 0.05) is 23.9 Å². The van der Waals surface area contributed by atoms with Crippen LogP contribution in [0.4, 0.5) is 10.8 Å². The lowest BCUT2D eigenvalue weighted by molar-refractivity contribution is -0.121. The van der Waals surface area contributed by atoms with Gasteiger partial charge in [-0.15, -0.1) is 10.2 Å². The van der Waals surface area contributed by atoms with Gasteiger partial charge >= 0.3 is 0 Å². The fraction of sp³-hybridized carbons (Fsp3) is 0.500. The van der Waals surface area contributed by atoms with Gasteiger partial charge in [-0.2, -0.15) is 0 Å². The van der Waals surface area contributed by atoms with E-state index >= 15 is 0 Å². The van der Waals surface area contributed by atoms with Crippen molar-refractivity contribution >= 4 is 39.8 Å². The number of nitrogens with one attached hydrogen (secondary N) is 2. The third-order valence-corrected chi connectivity index (χ3v) is 6.17. The fourth-order valence-electron chi connectivity index (χ4n) is 2.94. The number of hydrogen-bond acceptors (Lipinski definition) is 6. The normalized spacial score (nSPS) is 15.1. The van der Waals surface area contributed by atoms with Gasteiger partial charge < -0.3 is 10.6 Å². The molecule has 1 saturated carbocycles. The van der Waals surface area contributed by atoms with Crippen molar-refractivity contribution in [2.24, 2.45) is 0 Å². The van der Waals surface area contributed by atoms with Crippen molar-refractivity contribution in [2.75, 3.05) is 11.1 Å². The molecule has 1 aromatic carbocycles. The standard InChI is InChI=1S/C18H24N4OS2/c1-13-6-5-9-15(12-13)20-17-21-22-18(25-17)24-11-10-16(23)19-14-7-3-2-4-8-14/h5-6,9,12,14H,2-4,7-8,10-11H2,1H3,(H,19,23)(H,20,21). The highest BCUT2D eigenvalue weighted by atomic mass is 32.2. The Morgan fingerprint density at radius 2 is 2.12 bits per heavy atom. The van der Waals surface area contributed by atoms with Gasteiger partial charge in [0.25, 0.3) is 0 Å². The van der Waals surface area contributed by atoms with Gasteiger partial charge in [0.15, 0.2) is 4.34 Å². The van der Waals surface area contributed by atoms with Gasteiger partial charge in [0.1, 0.15) is 0 Å². The number of rotatable bonds is 7. The van der Waals surface area contributed by atoms with Crippen molar-refractivity contribution in [3.63, 3.8) is 0 Å². The molecule has 0 spiro atoms. The van der Waals surface area contributed by atoms with Crippen LogP contribution >= 0.6 is 23.1 Å². The van der Waals surface area contributed by atoms with Crippen LogP contribution in [0.1, 0.15) is 44.1 Å². The highest BCUT2D eigenvalue weighted by Crippen LogP contribution is 2.28. The van der Waals surface area contributed by atoms with E-state index in [0.29, 0.717) is 12.5 Å². The zero-order valence-corrected chi connectivity index (χ0v) is 16.1. The lowest BCUT2D eigenvalue weighted by Gasteiger charge is -2.22. The molecule has 25 heavy (non-hydrogen) atoms. The van der Waals surface area contributed by atoms with Crippen LogP contribution in [0, 0.1) is 6.92 Å². The first-order valence-corrected chi connectivity index (χ1v) is 10.6. The maximum atomic E-state index is 12.0. The molecule has 0 radical (unpaired) electrons. The molecule has 0 aliphatic heterocycles. The van der Waals surface area contributed by atoms with Crippen LogP contribution in [0.2, 0.25) is 0 Å². The Hall–Kier alpha value is -1.60. The molecule has 134 valence electrons. The maximum Gasteiger partial charge on any atom is 0.221 e. The molecular formula is C18H24N4OS2. The summed E-state index contributed by atoms with van der Waals surface area (Å²) in [6.45, 7) is 2.06. The number of thioether (sulfide) groups is 1. The molecule has 1 fully saturated rings. The molecular weight excluding hydrogens is 352 g/mol. The van der Waals surface area contributed by atoms with Crippen LogP contribution in [0.3, 0.4) is 0 Å². The van der Waals surface area contributed by atoms with Gasteiger partial charge in [-0.05, 0) is 37.5 Å². The van der Waals surface area contributed by atoms with Gasteiger partial charge in [0.2, 0.25) is 11.0 Å². The Kier molecular flexibility index (Phi) is 6.69. The van der Waals surface area contributed by atoms with E-state index in [1.807, 2.05) is 12.1 Å². The first kappa shape index (κ1) is 18.2. The van der Waals surface area contributed by atoms with Gasteiger partial charge in [-0.25, -0.2) is 0 Å². The molecule has 1 heterocycles. The van der Waals surface area contributed by atoms with Gasteiger partial charge in [0.05, 0.1) is 0 Å². The Balaban J connectivity index is 1.40. The molecule has 0 saturated heterocycles. The largest absolute Gasteiger partial charge is 0.353 e. The Bertz CT molecular complexity index is 698. The number of carbonyl (C=O) groups excluding carboxylic acids is 1. The number of amides is 1. The minimum atomic E-state index is 0.155. The number of aromatic nitrogens is 2. The predicted molar refractivity (Wildman–Crippen MR) is 105 cm³/mol. The smallest absolute Gasteiger partial charge is 0.221 e. The highest BCUT2D eigenvalue weighted by Gasteiger charge is 2.15. The van der Waals surface area contributed by atoms with E-state index in [1.54, 1.807) is 11.8 Å². The lowest BCUT2D eigenvalue weighted by Crippen LogP contribution is -2.36. The van der Waals surface area contributed by atoms with Crippen LogP contribution in [0.5, 0.6) is 0 Å². The van der Waals surface area contributed by atoms with E-state index in [0.717, 1.165) is 33.8 Å². The summed E-state index contributed by atoms with van der Waals surface area (Å²) in [5.74, 6) is 0.888. The van der Waals surface area contributed by atoms with Gasteiger partial charge in [-0.1, -0.05) is 54.5 Å². The van der Waals surface area contributed by atoms with Crippen molar-refractivity contribution in [1.82, 2.24) is 15.5 Å². The number of benzene rings is 1. The third kappa shape index (κ3) is 6.01. The summed E-state index contributed by atoms with van der Waals surface area (Å²) in [6, 6.07) is 8.54. The molecule has 0 unspecified atom stereocenters. The van der Waals surface area contributed by atoms with Gasteiger partial charge in [-0.3, -0.25) is 4.79 Å². The lowest BCUT2D eigenvalue weighted by atomic mass is 9.95. The third-order valence-electron chi connectivity index (χ3n) is 4.20. The second kappa shape index (κ2) is 9.20. The fourth-order valence-corrected chi connectivity index (χ4v) is 4.72. The molecule has 3 rings (SSSR count). The molecule has 1 aromatic heterocycles. The summed E-state index contributed by atoms with van der Waals surface area (Å²) in [4.78, 5) is 12.0. The second-order valence-electron chi connectivity index (χ2n) is 6.37. The number of nitrogens with zero attached hydrogens (tertiary/aromatic N) is 2. The molecule has 1 aliphatic carbocycles. The van der Waals surface area contributed by atoms with Crippen molar-refractivity contribution in [1.29, 1.82) is 0 Å². The molecule has 7 heteroatoms. The van der Waals surface area contributed by atoms with Crippen molar-refractivity contribution < 1.29 is 4.79 Å². The molecule has 5 nitrogen and oxygen atoms in total. The molecule has 2 aromatic rings. The van der Waals surface area contributed by atoms with Crippen molar-refractivity contribution in [3.05, 3.63) is 29.8 Å². The quantitative estimate of drug-likeness (QED) is 0.695. The minimum absolute atomic E-state index is 0.155. The Labute approximate surface area is 157 Å². The number of aryl methyl sites for hydroxylation is 1. The van der Waals surface area contributed by atoms with Crippen LogP contribution in [-0.4, -0.2) is 27.9 Å². The van der Waals surface area contributed by atoms with E-state index in [2.05, 4.69) is 39.9 Å². The molecule has 0 atom stereocenters. The summed E-state index contributed by atoms with van der Waals surface area (Å²) in [6.07, 6.45) is 6.56. The van der Waals surface area contributed by atoms with Crippen LogP contribution in [0.25, 0.3) is 0 Å². The maximum absolute atomic E-state index is 12.0. The van der Waals surface area contributed by atoms with E-state index in [9.17, 15) is 4.79 Å². The SMILES string of the molecule is Cc1cccc(Nc2nnc(SCCC(=O)NC3CCCCC3)s2)c1. The summed E-state index contributed by atoms with van der Waals surface area (Å²) < 4.78 is 0.889. The Morgan fingerprint density at radius 1 is 1.28 bits per heavy atom. The van der Waals surface area contributed by atoms with E-state index in [-0.39, 0.29) is 5.91 Å². The van der Waals surface area contributed by atoms with Crippen LogP contribution in [0.15, 0.2) is 28.6 Å². The molecule has 0 bridgehead atoms. The Morgan fingerprint density at radius 3 is 2.92 bits per heavy atom. The topological polar surface area (TPSA) is 66.9 Å². The molecule has 1 aliphatic rings. The van der Waals surface area contributed by atoms with Crippen LogP contribution < -0.4 is 10.6 Å². The summed E-state index contributed by atoms with van der Waals surface area (Å²) in [7, 11) is 0. The summed E-state index contributed by atoms with van der Waals surface area (Å²) in [5.41, 5.74) is 2.22. The van der Waals surface area contributed by atoms with Crippen molar-refractivity contribution in [2.45, 2.75) is 55.8 Å². The first-order chi connectivity index (χ1) is 12.2. The molecule has 1 amide bonds. The monoisotopic (exact) mass is 376 g/mol. The average molecular weight is 377 g/mol. The highest BCUT2D eigenvalue weighted by molar-refractivity contribution is 8.01. The molecule has 2 N–H and O–H groups in total. The zero-order chi connectivity index (χ0) is 17.5. The van der Waals surface area contributed by atoms with Crippen LogP contribution in [-0.2, 0) is 4.79 Å².